The van der Waals surface area contributed by atoms with Gasteiger partial charge in [-0.25, -0.2) is 0 Å². The Morgan fingerprint density at radius 2 is 0.556 bits per heavy atom. The molecule has 3 N–H and O–H groups in total. The van der Waals surface area contributed by atoms with Crippen LogP contribution in [-0.2, 0) is 14.3 Å². The molecule has 532 valence electrons. The lowest BCUT2D eigenvalue weighted by atomic mass is 10.0. The lowest BCUT2D eigenvalue weighted by Gasteiger charge is -2.20. The number of nitrogens with one attached hydrogen (secondary N) is 1. The highest BCUT2D eigenvalue weighted by Crippen LogP contribution is 2.20. The molecule has 0 saturated carbocycles. The lowest BCUT2D eigenvalue weighted by Crippen LogP contribution is -2.45. The highest BCUT2D eigenvalue weighted by molar-refractivity contribution is 5.76. The van der Waals surface area contributed by atoms with Crippen molar-refractivity contribution >= 4 is 11.9 Å². The van der Waals surface area contributed by atoms with Gasteiger partial charge in [-0.05, 0) is 64.2 Å². The van der Waals surface area contributed by atoms with Crippen molar-refractivity contribution in [2.75, 3.05) is 13.2 Å². The number of rotatable bonds is 78. The van der Waals surface area contributed by atoms with E-state index in [4.69, 9.17) is 4.74 Å². The lowest BCUT2D eigenvalue weighted by molar-refractivity contribution is -0.143. The molecule has 90 heavy (non-hydrogen) atoms. The molecule has 0 saturated heterocycles. The van der Waals surface area contributed by atoms with Gasteiger partial charge in [-0.1, -0.05) is 423 Å². The van der Waals surface area contributed by atoms with Gasteiger partial charge in [0.15, 0.2) is 0 Å². The Balaban J connectivity index is 3.37. The maximum atomic E-state index is 12.5. The normalized spacial score (nSPS) is 12.6. The SMILES string of the molecule is CCCCCCCCCCCCCCCCCCC/C=C/C(O)C(CO)NC(=O)CCCCCCCCCCCCCCCCCCC/C=C\C/C=C\CCCCCCCCCCCCCOC(=O)CCCCCCCCCCCCCCCCCCCCC. The van der Waals surface area contributed by atoms with Crippen LogP contribution in [-0.4, -0.2) is 47.4 Å². The fraction of sp³-hybridized carbons (Fsp3) is 0.905. The van der Waals surface area contributed by atoms with Gasteiger partial charge in [0, 0.05) is 12.8 Å². The molecule has 0 aliphatic rings. The molecule has 0 aromatic rings. The first kappa shape index (κ1) is 88.1. The van der Waals surface area contributed by atoms with E-state index in [0.29, 0.717) is 19.4 Å². The average Bonchev–Trinajstić information content (AvgIpc) is 3.56. The smallest absolute Gasteiger partial charge is 0.305 e. The molecule has 2 unspecified atom stereocenters. The maximum Gasteiger partial charge on any atom is 0.305 e. The van der Waals surface area contributed by atoms with Gasteiger partial charge >= 0.3 is 5.97 Å². The number of unbranched alkanes of at least 4 members (excludes halogenated alkanes) is 63. The van der Waals surface area contributed by atoms with E-state index in [0.717, 1.165) is 44.9 Å². The number of amides is 1. The van der Waals surface area contributed by atoms with Crippen LogP contribution in [0.15, 0.2) is 36.5 Å². The Kier molecular flexibility index (Phi) is 77.8. The predicted octanol–water partition coefficient (Wildman–Crippen LogP) is 27.4. The number of hydrogen-bond acceptors (Lipinski definition) is 5. The van der Waals surface area contributed by atoms with Crippen molar-refractivity contribution in [3.05, 3.63) is 36.5 Å². The summed E-state index contributed by atoms with van der Waals surface area (Å²) in [4.78, 5) is 24.7. The Hall–Kier alpha value is -1.92. The second-order valence-electron chi connectivity index (χ2n) is 28.5. The third kappa shape index (κ3) is 75.1. The van der Waals surface area contributed by atoms with Crippen molar-refractivity contribution in [2.45, 2.75) is 475 Å². The van der Waals surface area contributed by atoms with Crippen molar-refractivity contribution in [3.8, 4) is 0 Å². The van der Waals surface area contributed by atoms with Crippen LogP contribution in [0.5, 0.6) is 0 Å². The van der Waals surface area contributed by atoms with E-state index >= 15 is 0 Å². The standard InChI is InChI=1S/C84H161NO5/c1-3-5-7-9-11-13-15-17-19-21-40-44-48-52-56-60-64-68-72-76-82(87)81(80-86)85-83(88)77-73-69-65-61-57-53-49-45-42-38-36-34-32-30-28-26-24-23-25-27-29-31-33-35-37-39-43-47-51-55-59-63-67-71-75-79-90-84(89)78-74-70-66-62-58-54-50-46-41-22-20-18-16-14-12-10-8-6-4-2/h25,27,31,33,72,76,81-82,86-87H,3-24,26,28-30,32,34-71,73-75,77-80H2,1-2H3,(H,85,88)/b27-25-,33-31-,76-72+. The number of allylic oxidation sites excluding steroid dienone is 5. The number of carbonyl (C=O) groups is 2. The van der Waals surface area contributed by atoms with Crippen LogP contribution in [0.4, 0.5) is 0 Å². The first-order valence-electron chi connectivity index (χ1n) is 41.3. The van der Waals surface area contributed by atoms with Gasteiger partial charge in [-0.15, -0.1) is 0 Å². The quantitative estimate of drug-likeness (QED) is 0.0320. The number of aliphatic hydroxyl groups is 2. The molecule has 0 aliphatic heterocycles. The van der Waals surface area contributed by atoms with Crippen molar-refractivity contribution in [3.63, 3.8) is 0 Å². The van der Waals surface area contributed by atoms with Gasteiger partial charge in [0.05, 0.1) is 25.4 Å². The molecule has 0 rings (SSSR count). The molecule has 6 nitrogen and oxygen atoms in total. The minimum absolute atomic E-state index is 0.0223. The Morgan fingerprint density at radius 1 is 0.311 bits per heavy atom. The van der Waals surface area contributed by atoms with Crippen molar-refractivity contribution in [1.82, 2.24) is 5.32 Å². The van der Waals surface area contributed by atoms with E-state index in [1.165, 1.54) is 392 Å². The Labute approximate surface area is 564 Å². The first-order valence-corrected chi connectivity index (χ1v) is 41.3. The summed E-state index contributed by atoms with van der Waals surface area (Å²) in [7, 11) is 0. The van der Waals surface area contributed by atoms with E-state index in [9.17, 15) is 19.8 Å². The minimum atomic E-state index is -0.844. The van der Waals surface area contributed by atoms with E-state index in [1.54, 1.807) is 6.08 Å². The number of esters is 1. The summed E-state index contributed by atoms with van der Waals surface area (Å²) >= 11 is 0. The highest BCUT2D eigenvalue weighted by Gasteiger charge is 2.18. The van der Waals surface area contributed by atoms with Crippen LogP contribution in [0.1, 0.15) is 463 Å². The molecule has 0 fully saturated rings. The fourth-order valence-electron chi connectivity index (χ4n) is 13.1. The fourth-order valence-corrected chi connectivity index (χ4v) is 13.1. The third-order valence-corrected chi connectivity index (χ3v) is 19.4. The van der Waals surface area contributed by atoms with Gasteiger partial charge in [-0.2, -0.15) is 0 Å². The molecule has 0 heterocycles. The van der Waals surface area contributed by atoms with Gasteiger partial charge in [0.1, 0.15) is 0 Å². The van der Waals surface area contributed by atoms with Crippen LogP contribution >= 0.6 is 0 Å². The van der Waals surface area contributed by atoms with Crippen LogP contribution in [0, 0.1) is 0 Å². The summed E-state index contributed by atoms with van der Waals surface area (Å²) in [6, 6.07) is -0.627. The monoisotopic (exact) mass is 1260 g/mol. The predicted molar refractivity (Wildman–Crippen MR) is 398 cm³/mol. The maximum absolute atomic E-state index is 12.5. The van der Waals surface area contributed by atoms with Crippen LogP contribution < -0.4 is 5.32 Å². The first-order chi connectivity index (χ1) is 44.5. The van der Waals surface area contributed by atoms with Gasteiger partial charge in [-0.3, -0.25) is 9.59 Å². The van der Waals surface area contributed by atoms with E-state index < -0.39 is 12.1 Å². The molecule has 0 aromatic heterocycles. The summed E-state index contributed by atoms with van der Waals surface area (Å²) in [5, 5.41) is 23.3. The molecule has 0 radical (unpaired) electrons. The molecular formula is C84H161NO5. The van der Waals surface area contributed by atoms with Gasteiger partial charge < -0.3 is 20.3 Å². The number of ether oxygens (including phenoxy) is 1. The van der Waals surface area contributed by atoms with E-state index in [-0.39, 0.29) is 18.5 Å². The largest absolute Gasteiger partial charge is 0.466 e. The summed E-state index contributed by atoms with van der Waals surface area (Å²) in [6.45, 7) is 4.96. The van der Waals surface area contributed by atoms with Gasteiger partial charge in [0.25, 0.3) is 0 Å². The van der Waals surface area contributed by atoms with E-state index in [1.807, 2.05) is 6.08 Å². The minimum Gasteiger partial charge on any atom is -0.466 e. The average molecular weight is 1270 g/mol. The highest BCUT2D eigenvalue weighted by atomic mass is 16.5. The summed E-state index contributed by atoms with van der Waals surface area (Å²) in [5.74, 6) is -0.0392. The zero-order valence-electron chi connectivity index (χ0n) is 61.1. The molecule has 0 spiro atoms. The van der Waals surface area contributed by atoms with Crippen molar-refractivity contribution in [2.24, 2.45) is 0 Å². The third-order valence-electron chi connectivity index (χ3n) is 19.4. The molecule has 6 heteroatoms. The second-order valence-corrected chi connectivity index (χ2v) is 28.5. The zero-order chi connectivity index (χ0) is 64.9. The van der Waals surface area contributed by atoms with Crippen molar-refractivity contribution in [1.29, 1.82) is 0 Å². The number of aliphatic hydroxyl groups excluding tert-OH is 2. The van der Waals surface area contributed by atoms with Crippen LogP contribution in [0.2, 0.25) is 0 Å². The summed E-state index contributed by atoms with van der Waals surface area (Å²) < 4.78 is 5.52. The molecule has 0 aliphatic carbocycles. The number of hydrogen-bond donors (Lipinski definition) is 3. The molecule has 0 bridgehead atoms. The van der Waals surface area contributed by atoms with Crippen LogP contribution in [0.25, 0.3) is 0 Å². The molecular weight excluding hydrogens is 1100 g/mol. The number of carbonyl (C=O) groups excluding carboxylic acids is 2. The zero-order valence-corrected chi connectivity index (χ0v) is 61.1. The van der Waals surface area contributed by atoms with Crippen LogP contribution in [0.3, 0.4) is 0 Å². The van der Waals surface area contributed by atoms with E-state index in [2.05, 4.69) is 43.5 Å². The topological polar surface area (TPSA) is 95.9 Å². The van der Waals surface area contributed by atoms with Gasteiger partial charge in [0.2, 0.25) is 5.91 Å². The Morgan fingerprint density at radius 3 is 0.844 bits per heavy atom. The summed E-state index contributed by atoms with van der Waals surface area (Å²) in [5.41, 5.74) is 0. The molecule has 1 amide bonds. The second kappa shape index (κ2) is 79.5. The molecule has 2 atom stereocenters. The van der Waals surface area contributed by atoms with Crippen molar-refractivity contribution < 1.29 is 24.5 Å². The summed E-state index contributed by atoms with van der Waals surface area (Å²) in [6.07, 6.45) is 104. The molecule has 0 aromatic carbocycles. The Bertz CT molecular complexity index is 1460.